The SMILES string of the molecule is C=C1CCC2(C)C(C)(C)C(OC(C)=O)CCC2(C)C1COc1ccc2ccc(=O)oc2c1. The normalized spacial score (nSPS) is 31.7. The number of ether oxygens (including phenoxy) is 2. The van der Waals surface area contributed by atoms with E-state index >= 15 is 0 Å². The summed E-state index contributed by atoms with van der Waals surface area (Å²) in [5, 5.41) is 0.865. The Morgan fingerprint density at radius 1 is 1.16 bits per heavy atom. The van der Waals surface area contributed by atoms with Crippen molar-refractivity contribution in [2.45, 2.75) is 66.4 Å². The standard InChI is InChI=1S/C27H34O5/c1-17-11-14-27(6)25(3,4)23(31-18(2)28)12-13-26(27,5)21(17)16-30-20-9-7-19-8-10-24(29)32-22(19)15-20/h7-10,15,21,23H,1,11-14,16H2,2-6H3. The van der Waals surface area contributed by atoms with Crippen LogP contribution in [0, 0.1) is 22.2 Å². The number of hydrogen-bond acceptors (Lipinski definition) is 5. The molecule has 0 amide bonds. The molecule has 0 saturated heterocycles. The largest absolute Gasteiger partial charge is 0.493 e. The van der Waals surface area contributed by atoms with Crippen molar-refractivity contribution in [3.05, 3.63) is 52.9 Å². The molecule has 4 atom stereocenters. The van der Waals surface area contributed by atoms with Crippen LogP contribution in [0.4, 0.5) is 0 Å². The number of carbonyl (C=O) groups is 1. The maximum absolute atomic E-state index is 11.8. The van der Waals surface area contributed by atoms with Gasteiger partial charge in [-0.2, -0.15) is 0 Å². The quantitative estimate of drug-likeness (QED) is 0.338. The van der Waals surface area contributed by atoms with E-state index in [9.17, 15) is 9.59 Å². The molecule has 4 rings (SSSR count). The first-order valence-electron chi connectivity index (χ1n) is 11.5. The number of esters is 1. The average molecular weight is 439 g/mol. The van der Waals surface area contributed by atoms with Crippen LogP contribution in [0.15, 0.2) is 51.7 Å². The van der Waals surface area contributed by atoms with Gasteiger partial charge in [-0.25, -0.2) is 4.79 Å². The molecule has 2 aromatic rings. The van der Waals surface area contributed by atoms with Gasteiger partial charge in [-0.15, -0.1) is 0 Å². The maximum Gasteiger partial charge on any atom is 0.336 e. The highest BCUT2D eigenvalue weighted by molar-refractivity contribution is 5.77. The first-order chi connectivity index (χ1) is 15.0. The molecular formula is C27H34O5. The molecule has 0 aliphatic heterocycles. The van der Waals surface area contributed by atoms with Crippen molar-refractivity contribution in [2.24, 2.45) is 22.2 Å². The van der Waals surface area contributed by atoms with Crippen molar-refractivity contribution >= 4 is 16.9 Å². The molecule has 5 heteroatoms. The Labute approximate surface area is 189 Å². The molecule has 2 aliphatic carbocycles. The molecule has 5 nitrogen and oxygen atoms in total. The maximum atomic E-state index is 11.8. The summed E-state index contributed by atoms with van der Waals surface area (Å²) in [5.41, 5.74) is 1.13. The van der Waals surface area contributed by atoms with E-state index in [-0.39, 0.29) is 39.9 Å². The van der Waals surface area contributed by atoms with Crippen LogP contribution >= 0.6 is 0 Å². The Bertz CT molecular complexity index is 1110. The number of rotatable bonds is 4. The van der Waals surface area contributed by atoms with Gasteiger partial charge in [-0.05, 0) is 54.7 Å². The van der Waals surface area contributed by atoms with Crippen molar-refractivity contribution in [2.75, 3.05) is 6.61 Å². The smallest absolute Gasteiger partial charge is 0.336 e. The predicted molar refractivity (Wildman–Crippen MR) is 125 cm³/mol. The Morgan fingerprint density at radius 3 is 2.59 bits per heavy atom. The second-order valence-electron chi connectivity index (χ2n) is 10.6. The molecule has 0 N–H and O–H groups in total. The van der Waals surface area contributed by atoms with Crippen LogP contribution in [0.5, 0.6) is 5.75 Å². The topological polar surface area (TPSA) is 65.7 Å². The van der Waals surface area contributed by atoms with E-state index in [1.807, 2.05) is 12.1 Å². The first-order valence-corrected chi connectivity index (χ1v) is 11.5. The van der Waals surface area contributed by atoms with E-state index in [2.05, 4.69) is 34.3 Å². The van der Waals surface area contributed by atoms with E-state index in [0.29, 0.717) is 17.9 Å². The zero-order valence-electron chi connectivity index (χ0n) is 19.8. The zero-order chi connectivity index (χ0) is 23.3. The van der Waals surface area contributed by atoms with E-state index in [4.69, 9.17) is 13.9 Å². The Morgan fingerprint density at radius 2 is 1.88 bits per heavy atom. The van der Waals surface area contributed by atoms with Crippen molar-refractivity contribution in [3.8, 4) is 5.75 Å². The molecule has 4 unspecified atom stereocenters. The van der Waals surface area contributed by atoms with Crippen molar-refractivity contribution in [1.82, 2.24) is 0 Å². The monoisotopic (exact) mass is 438 g/mol. The summed E-state index contributed by atoms with van der Waals surface area (Å²) in [6.45, 7) is 15.6. The third kappa shape index (κ3) is 3.46. The van der Waals surface area contributed by atoms with Crippen LogP contribution in [0.3, 0.4) is 0 Å². The highest BCUT2D eigenvalue weighted by Crippen LogP contribution is 2.68. The van der Waals surface area contributed by atoms with Crippen LogP contribution in [-0.4, -0.2) is 18.7 Å². The number of benzene rings is 1. The van der Waals surface area contributed by atoms with Gasteiger partial charge < -0.3 is 13.9 Å². The fraction of sp³-hybridized carbons (Fsp3) is 0.556. The molecule has 0 spiro atoms. The Kier molecular flexibility index (Phi) is 5.51. The van der Waals surface area contributed by atoms with Gasteiger partial charge in [-0.3, -0.25) is 4.79 Å². The van der Waals surface area contributed by atoms with Gasteiger partial charge in [0.15, 0.2) is 0 Å². The third-order valence-electron chi connectivity index (χ3n) is 8.94. The number of fused-ring (bicyclic) bond motifs is 2. The predicted octanol–water partition coefficient (Wildman–Crippen LogP) is 5.90. The summed E-state index contributed by atoms with van der Waals surface area (Å²) in [6.07, 6.45) is 3.65. The third-order valence-corrected chi connectivity index (χ3v) is 8.94. The lowest BCUT2D eigenvalue weighted by atomic mass is 9.39. The van der Waals surface area contributed by atoms with Crippen molar-refractivity contribution < 1.29 is 18.7 Å². The molecule has 2 saturated carbocycles. The highest BCUT2D eigenvalue weighted by atomic mass is 16.5. The summed E-state index contributed by atoms with van der Waals surface area (Å²) in [5.74, 6) is 0.652. The molecule has 2 fully saturated rings. The summed E-state index contributed by atoms with van der Waals surface area (Å²) < 4.78 is 17.4. The fourth-order valence-electron chi connectivity index (χ4n) is 6.38. The molecular weight excluding hydrogens is 404 g/mol. The van der Waals surface area contributed by atoms with Gasteiger partial charge in [0.05, 0.1) is 6.61 Å². The van der Waals surface area contributed by atoms with Gasteiger partial charge in [0.25, 0.3) is 0 Å². The Hall–Kier alpha value is -2.56. The van der Waals surface area contributed by atoms with Crippen LogP contribution in [0.1, 0.15) is 60.3 Å². The number of hydrogen-bond donors (Lipinski definition) is 0. The number of carbonyl (C=O) groups excluding carboxylic acids is 1. The van der Waals surface area contributed by atoms with E-state index in [1.54, 1.807) is 12.1 Å². The summed E-state index contributed by atoms with van der Waals surface area (Å²) in [4.78, 5) is 23.3. The van der Waals surface area contributed by atoms with Crippen LogP contribution in [0.2, 0.25) is 0 Å². The average Bonchev–Trinajstić information content (AvgIpc) is 2.72. The van der Waals surface area contributed by atoms with Crippen LogP contribution in [0.25, 0.3) is 11.0 Å². The summed E-state index contributed by atoms with van der Waals surface area (Å²) in [6, 6.07) is 8.78. The summed E-state index contributed by atoms with van der Waals surface area (Å²) in [7, 11) is 0. The molecule has 2 aliphatic rings. The van der Waals surface area contributed by atoms with E-state index in [0.717, 1.165) is 31.1 Å². The molecule has 1 heterocycles. The first kappa shape index (κ1) is 22.6. The van der Waals surface area contributed by atoms with Gasteiger partial charge >= 0.3 is 11.6 Å². The van der Waals surface area contributed by atoms with Crippen molar-refractivity contribution in [3.63, 3.8) is 0 Å². The molecule has 0 bridgehead atoms. The van der Waals surface area contributed by atoms with Gasteiger partial charge in [0.2, 0.25) is 0 Å². The minimum absolute atomic E-state index is 0.0358. The second kappa shape index (κ2) is 7.79. The highest BCUT2D eigenvalue weighted by Gasteiger charge is 2.64. The van der Waals surface area contributed by atoms with Gasteiger partial charge in [0, 0.05) is 35.8 Å². The lowest BCUT2D eigenvalue weighted by Crippen LogP contribution is -2.63. The lowest BCUT2D eigenvalue weighted by Gasteiger charge is -2.66. The van der Waals surface area contributed by atoms with Gasteiger partial charge in [-0.1, -0.05) is 39.8 Å². The molecule has 0 radical (unpaired) electrons. The minimum atomic E-state index is -0.370. The Balaban J connectivity index is 1.61. The minimum Gasteiger partial charge on any atom is -0.493 e. The summed E-state index contributed by atoms with van der Waals surface area (Å²) >= 11 is 0. The van der Waals surface area contributed by atoms with Crippen molar-refractivity contribution in [1.29, 1.82) is 0 Å². The molecule has 172 valence electrons. The molecule has 1 aromatic carbocycles. The fourth-order valence-corrected chi connectivity index (χ4v) is 6.38. The van der Waals surface area contributed by atoms with E-state index in [1.165, 1.54) is 18.6 Å². The van der Waals surface area contributed by atoms with Crippen LogP contribution in [-0.2, 0) is 9.53 Å². The van der Waals surface area contributed by atoms with Gasteiger partial charge in [0.1, 0.15) is 17.4 Å². The molecule has 1 aromatic heterocycles. The lowest BCUT2D eigenvalue weighted by molar-refractivity contribution is -0.207. The van der Waals surface area contributed by atoms with Crippen LogP contribution < -0.4 is 10.4 Å². The van der Waals surface area contributed by atoms with E-state index < -0.39 is 0 Å². The zero-order valence-corrected chi connectivity index (χ0v) is 19.8. The molecule has 32 heavy (non-hydrogen) atoms. The second-order valence-corrected chi connectivity index (χ2v) is 10.6.